The summed E-state index contributed by atoms with van der Waals surface area (Å²) in [5.41, 5.74) is 2.59. The van der Waals surface area contributed by atoms with E-state index in [1.54, 1.807) is 0 Å². The smallest absolute Gasteiger partial charge is 0.312 e. The Morgan fingerprint density at radius 3 is 3.10 bits per heavy atom. The van der Waals surface area contributed by atoms with E-state index in [4.69, 9.17) is 11.6 Å². The number of hydrogen-bond acceptors (Lipinski definition) is 4. The summed E-state index contributed by atoms with van der Waals surface area (Å²) in [6, 6.07) is 5.66. The first-order chi connectivity index (χ1) is 10.1. The fourth-order valence-corrected chi connectivity index (χ4v) is 3.82. The van der Waals surface area contributed by atoms with Crippen LogP contribution in [0.5, 0.6) is 0 Å². The van der Waals surface area contributed by atoms with E-state index in [1.807, 2.05) is 25.1 Å². The van der Waals surface area contributed by atoms with Gasteiger partial charge in [0.25, 0.3) is 0 Å². The molecule has 0 amide bonds. The maximum Gasteiger partial charge on any atom is 0.312 e. The quantitative estimate of drug-likeness (QED) is 0.881. The van der Waals surface area contributed by atoms with Crippen molar-refractivity contribution in [1.29, 1.82) is 0 Å². The normalized spacial score (nSPS) is 17.3. The molecule has 1 aliphatic carbocycles. The van der Waals surface area contributed by atoms with Gasteiger partial charge in [-0.3, -0.25) is 4.79 Å². The third-order valence-electron chi connectivity index (χ3n) is 3.76. The molecule has 1 heterocycles. The van der Waals surface area contributed by atoms with E-state index in [9.17, 15) is 9.90 Å². The molecule has 0 saturated carbocycles. The average molecular weight is 323 g/mol. The van der Waals surface area contributed by atoms with Crippen LogP contribution in [0.3, 0.4) is 0 Å². The fourth-order valence-electron chi connectivity index (χ4n) is 2.57. The first-order valence-corrected chi connectivity index (χ1v) is 8.00. The molecule has 110 valence electrons. The molecule has 2 N–H and O–H groups in total. The van der Waals surface area contributed by atoms with Gasteiger partial charge >= 0.3 is 5.97 Å². The molecule has 0 fully saturated rings. The summed E-state index contributed by atoms with van der Waals surface area (Å²) >= 11 is 7.65. The van der Waals surface area contributed by atoms with E-state index in [-0.39, 0.29) is 0 Å². The van der Waals surface area contributed by atoms with Crippen molar-refractivity contribution in [3.63, 3.8) is 0 Å². The Morgan fingerprint density at radius 2 is 2.33 bits per heavy atom. The van der Waals surface area contributed by atoms with Gasteiger partial charge in [0, 0.05) is 15.6 Å². The largest absolute Gasteiger partial charge is 0.481 e. The van der Waals surface area contributed by atoms with Gasteiger partial charge in [0.1, 0.15) is 5.92 Å². The number of carboxylic acids is 1. The molecule has 0 saturated heterocycles. The number of carboxylic acid groups (broad SMARTS) is 1. The molecule has 21 heavy (non-hydrogen) atoms. The molecule has 1 atom stereocenters. The Hall–Kier alpha value is -1.59. The molecule has 6 heteroatoms. The van der Waals surface area contributed by atoms with E-state index >= 15 is 0 Å². The molecule has 4 nitrogen and oxygen atoms in total. The van der Waals surface area contributed by atoms with Crippen LogP contribution < -0.4 is 5.32 Å². The Labute approximate surface area is 131 Å². The molecule has 3 rings (SSSR count). The van der Waals surface area contributed by atoms with Crippen molar-refractivity contribution in [2.24, 2.45) is 0 Å². The highest BCUT2D eigenvalue weighted by Crippen LogP contribution is 2.38. The zero-order valence-corrected chi connectivity index (χ0v) is 13.1. The van der Waals surface area contributed by atoms with Crippen molar-refractivity contribution in [3.8, 4) is 0 Å². The van der Waals surface area contributed by atoms with Crippen LogP contribution in [0.15, 0.2) is 18.2 Å². The lowest BCUT2D eigenvalue weighted by Gasteiger charge is -2.16. The third kappa shape index (κ3) is 2.76. The van der Waals surface area contributed by atoms with Crippen molar-refractivity contribution in [2.45, 2.75) is 32.1 Å². The molecule has 2 aromatic rings. The molecule has 1 aromatic heterocycles. The maximum absolute atomic E-state index is 11.3. The van der Waals surface area contributed by atoms with Crippen molar-refractivity contribution in [1.82, 2.24) is 4.98 Å². The second-order valence-corrected chi connectivity index (χ2v) is 6.64. The first-order valence-electron chi connectivity index (χ1n) is 6.81. The number of nitrogens with one attached hydrogen (secondary N) is 1. The maximum atomic E-state index is 11.3. The molecule has 1 unspecified atom stereocenters. The number of hydrogen-bond donors (Lipinski definition) is 2. The zero-order chi connectivity index (χ0) is 15.0. The molecule has 0 bridgehead atoms. The van der Waals surface area contributed by atoms with Crippen LogP contribution in [0.2, 0.25) is 5.02 Å². The Balaban J connectivity index is 1.91. The number of fused-ring (bicyclic) bond motifs is 1. The highest BCUT2D eigenvalue weighted by Gasteiger charge is 2.30. The number of benzene rings is 1. The van der Waals surface area contributed by atoms with Crippen LogP contribution in [0, 0.1) is 6.92 Å². The number of aromatic nitrogens is 1. The van der Waals surface area contributed by atoms with Crippen molar-refractivity contribution in [2.75, 3.05) is 5.32 Å². The van der Waals surface area contributed by atoms with Gasteiger partial charge in [-0.15, -0.1) is 11.3 Å². The van der Waals surface area contributed by atoms with Gasteiger partial charge in [-0.2, -0.15) is 0 Å². The molecule has 1 aliphatic rings. The molecular formula is C15H15ClN2O2S. The molecule has 1 aromatic carbocycles. The lowest BCUT2D eigenvalue weighted by Crippen LogP contribution is -2.17. The summed E-state index contributed by atoms with van der Waals surface area (Å²) in [6.07, 6.45) is 2.48. The second kappa shape index (κ2) is 5.66. The van der Waals surface area contributed by atoms with Crippen LogP contribution in [-0.4, -0.2) is 16.1 Å². The van der Waals surface area contributed by atoms with E-state index < -0.39 is 11.9 Å². The number of carbonyl (C=O) groups is 1. The van der Waals surface area contributed by atoms with E-state index in [1.165, 1.54) is 11.3 Å². The SMILES string of the molecule is Cc1c(Cl)cccc1Nc1nc2c(s1)CCCC2C(=O)O. The second-order valence-electron chi connectivity index (χ2n) is 5.15. The topological polar surface area (TPSA) is 62.2 Å². The minimum atomic E-state index is -0.785. The number of aliphatic carboxylic acids is 1. The number of thiazole rings is 1. The predicted octanol–water partition coefficient (Wildman–Crippen LogP) is 4.35. The van der Waals surface area contributed by atoms with Crippen molar-refractivity contribution in [3.05, 3.63) is 39.4 Å². The van der Waals surface area contributed by atoms with Crippen LogP contribution in [0.4, 0.5) is 10.8 Å². The van der Waals surface area contributed by atoms with Gasteiger partial charge in [-0.1, -0.05) is 17.7 Å². The summed E-state index contributed by atoms with van der Waals surface area (Å²) in [5.74, 6) is -1.26. The van der Waals surface area contributed by atoms with E-state index in [0.29, 0.717) is 11.4 Å². The van der Waals surface area contributed by atoms with Gasteiger partial charge in [-0.05, 0) is 43.9 Å². The Kier molecular flexibility index (Phi) is 3.87. The number of nitrogens with zero attached hydrogens (tertiary/aromatic N) is 1. The monoisotopic (exact) mass is 322 g/mol. The van der Waals surface area contributed by atoms with Gasteiger partial charge in [0.2, 0.25) is 0 Å². The summed E-state index contributed by atoms with van der Waals surface area (Å²) in [6.45, 7) is 1.94. The van der Waals surface area contributed by atoms with Gasteiger partial charge in [0.15, 0.2) is 5.13 Å². The highest BCUT2D eigenvalue weighted by atomic mass is 35.5. The van der Waals surface area contributed by atoms with Gasteiger partial charge < -0.3 is 10.4 Å². The Morgan fingerprint density at radius 1 is 1.52 bits per heavy atom. The molecule has 0 spiro atoms. The van der Waals surface area contributed by atoms with Crippen molar-refractivity contribution < 1.29 is 9.90 Å². The summed E-state index contributed by atoms with van der Waals surface area (Å²) in [7, 11) is 0. The van der Waals surface area contributed by atoms with Crippen LogP contribution >= 0.6 is 22.9 Å². The van der Waals surface area contributed by atoms with Crippen molar-refractivity contribution >= 4 is 39.7 Å². The fraction of sp³-hybridized carbons (Fsp3) is 0.333. The predicted molar refractivity (Wildman–Crippen MR) is 84.9 cm³/mol. The molecule has 0 radical (unpaired) electrons. The van der Waals surface area contributed by atoms with Gasteiger partial charge in [0.05, 0.1) is 5.69 Å². The summed E-state index contributed by atoms with van der Waals surface area (Å²) in [4.78, 5) is 16.9. The van der Waals surface area contributed by atoms with Crippen LogP contribution in [0.1, 0.15) is 34.9 Å². The number of anilines is 2. The van der Waals surface area contributed by atoms with Gasteiger partial charge in [-0.25, -0.2) is 4.98 Å². The molecular weight excluding hydrogens is 308 g/mol. The van der Waals surface area contributed by atoms with E-state index in [0.717, 1.165) is 39.8 Å². The average Bonchev–Trinajstić information content (AvgIpc) is 2.85. The third-order valence-corrected chi connectivity index (χ3v) is 5.22. The lowest BCUT2D eigenvalue weighted by atomic mass is 9.91. The van der Waals surface area contributed by atoms with Crippen LogP contribution in [0.25, 0.3) is 0 Å². The summed E-state index contributed by atoms with van der Waals surface area (Å²) < 4.78 is 0. The minimum Gasteiger partial charge on any atom is -0.481 e. The molecule has 0 aliphatic heterocycles. The number of rotatable bonds is 3. The standard InChI is InChI=1S/C15H15ClN2O2S/c1-8-10(16)5-3-6-11(8)17-15-18-13-9(14(19)20)4-2-7-12(13)21-15/h3,5-6,9H,2,4,7H2,1H3,(H,17,18)(H,19,20). The number of halogens is 1. The van der Waals surface area contributed by atoms with E-state index in [2.05, 4.69) is 10.3 Å². The first kappa shape index (κ1) is 14.4. The Bertz CT molecular complexity index is 699. The highest BCUT2D eigenvalue weighted by molar-refractivity contribution is 7.15. The van der Waals surface area contributed by atoms with Crippen LogP contribution in [-0.2, 0) is 11.2 Å². The number of aryl methyl sites for hydroxylation is 1. The minimum absolute atomic E-state index is 0.471. The lowest BCUT2D eigenvalue weighted by molar-refractivity contribution is -0.139. The summed E-state index contributed by atoms with van der Waals surface area (Å²) in [5, 5.41) is 14.0. The zero-order valence-electron chi connectivity index (χ0n) is 11.5.